The number of alkyl halides is 1. The molecule has 0 amide bonds. The Kier molecular flexibility index (Phi) is 3.83. The highest BCUT2D eigenvalue weighted by atomic mass is 35.5. The quantitative estimate of drug-likeness (QED) is 0.681. The lowest BCUT2D eigenvalue weighted by molar-refractivity contribution is 0.733. The molecule has 21 heavy (non-hydrogen) atoms. The van der Waals surface area contributed by atoms with Gasteiger partial charge in [0.1, 0.15) is 11.3 Å². The van der Waals surface area contributed by atoms with Crippen LogP contribution in [0.4, 0.5) is 0 Å². The molecule has 0 fully saturated rings. The molecule has 0 aromatic carbocycles. The van der Waals surface area contributed by atoms with Crippen LogP contribution >= 0.6 is 23.2 Å². The van der Waals surface area contributed by atoms with Crippen LogP contribution in [0.2, 0.25) is 5.02 Å². The lowest BCUT2D eigenvalue weighted by Crippen LogP contribution is -2.07. The number of pyridine rings is 2. The highest BCUT2D eigenvalue weighted by Gasteiger charge is 2.16. The summed E-state index contributed by atoms with van der Waals surface area (Å²) in [5, 5.41) is 0.356. The second-order valence-electron chi connectivity index (χ2n) is 4.98. The number of hydrogen-bond acceptors (Lipinski definition) is 3. The van der Waals surface area contributed by atoms with Crippen LogP contribution in [-0.4, -0.2) is 19.5 Å². The molecule has 0 aliphatic heterocycles. The molecule has 4 nitrogen and oxygen atoms in total. The molecule has 3 aromatic rings. The molecule has 1 atom stereocenters. The van der Waals surface area contributed by atoms with Crippen molar-refractivity contribution in [3.63, 3.8) is 0 Å². The minimum atomic E-state index is -0.212. The Balaban J connectivity index is 2.10. The molecule has 3 aromatic heterocycles. The molecule has 0 radical (unpaired) electrons. The van der Waals surface area contributed by atoms with Gasteiger partial charge in [-0.05, 0) is 31.5 Å². The summed E-state index contributed by atoms with van der Waals surface area (Å²) in [5.74, 6) is 0.780. The normalized spacial score (nSPS) is 12.8. The Labute approximate surface area is 132 Å². The van der Waals surface area contributed by atoms with Gasteiger partial charge in [-0.3, -0.25) is 4.98 Å². The van der Waals surface area contributed by atoms with Crippen molar-refractivity contribution in [2.24, 2.45) is 0 Å². The van der Waals surface area contributed by atoms with Crippen LogP contribution in [0.1, 0.15) is 29.4 Å². The first kappa shape index (κ1) is 14.3. The van der Waals surface area contributed by atoms with E-state index >= 15 is 0 Å². The van der Waals surface area contributed by atoms with Crippen LogP contribution in [0.25, 0.3) is 11.2 Å². The molecule has 0 saturated heterocycles. The molecule has 1 unspecified atom stereocenters. The Morgan fingerprint density at radius 3 is 2.71 bits per heavy atom. The molecule has 0 spiro atoms. The second-order valence-corrected chi connectivity index (χ2v) is 6.07. The third kappa shape index (κ3) is 2.87. The van der Waals surface area contributed by atoms with Crippen molar-refractivity contribution in [3.8, 4) is 0 Å². The lowest BCUT2D eigenvalue weighted by Gasteiger charge is -2.10. The van der Waals surface area contributed by atoms with Gasteiger partial charge in [0.25, 0.3) is 0 Å². The molecule has 0 aliphatic rings. The van der Waals surface area contributed by atoms with Crippen molar-refractivity contribution in [2.45, 2.75) is 25.8 Å². The van der Waals surface area contributed by atoms with E-state index < -0.39 is 0 Å². The van der Waals surface area contributed by atoms with E-state index in [1.54, 1.807) is 12.3 Å². The van der Waals surface area contributed by atoms with Crippen LogP contribution in [-0.2, 0) is 6.54 Å². The summed E-state index contributed by atoms with van der Waals surface area (Å²) in [6, 6.07) is 5.84. The summed E-state index contributed by atoms with van der Waals surface area (Å²) in [5.41, 5.74) is 3.60. The van der Waals surface area contributed by atoms with Crippen LogP contribution in [0, 0.1) is 6.92 Å². The smallest absolute Gasteiger partial charge is 0.160 e. The first-order valence-electron chi connectivity index (χ1n) is 6.62. The molecular formula is C15H14Cl2N4. The SMILES string of the molecule is Cc1ccc(Cn2c(C(C)Cl)nc3cc(Cl)cnc32)cn1. The fourth-order valence-electron chi connectivity index (χ4n) is 2.24. The minimum Gasteiger partial charge on any atom is -0.307 e. The Hall–Kier alpha value is -1.65. The highest BCUT2D eigenvalue weighted by Crippen LogP contribution is 2.25. The molecule has 0 bridgehead atoms. The Morgan fingerprint density at radius 2 is 2.05 bits per heavy atom. The molecule has 3 heterocycles. The van der Waals surface area contributed by atoms with Gasteiger partial charge in [0.15, 0.2) is 5.65 Å². The van der Waals surface area contributed by atoms with Gasteiger partial charge in [-0.15, -0.1) is 11.6 Å². The summed E-state index contributed by atoms with van der Waals surface area (Å²) in [6.07, 6.45) is 3.48. The van der Waals surface area contributed by atoms with Crippen molar-refractivity contribution < 1.29 is 0 Å². The number of nitrogens with zero attached hydrogens (tertiary/aromatic N) is 4. The van der Waals surface area contributed by atoms with Gasteiger partial charge in [0.2, 0.25) is 0 Å². The summed E-state index contributed by atoms with van der Waals surface area (Å²) in [7, 11) is 0. The van der Waals surface area contributed by atoms with E-state index in [1.165, 1.54) is 0 Å². The van der Waals surface area contributed by atoms with Crippen molar-refractivity contribution in [1.29, 1.82) is 0 Å². The van der Waals surface area contributed by atoms with Gasteiger partial charge in [0, 0.05) is 18.1 Å². The summed E-state index contributed by atoms with van der Waals surface area (Å²) >= 11 is 12.2. The van der Waals surface area contributed by atoms with Crippen LogP contribution in [0.15, 0.2) is 30.6 Å². The summed E-state index contributed by atoms with van der Waals surface area (Å²) in [4.78, 5) is 13.3. The van der Waals surface area contributed by atoms with Crippen molar-refractivity contribution >= 4 is 34.4 Å². The fourth-order valence-corrected chi connectivity index (χ4v) is 2.56. The maximum atomic E-state index is 6.25. The Morgan fingerprint density at radius 1 is 1.24 bits per heavy atom. The fraction of sp³-hybridized carbons (Fsp3) is 0.267. The van der Waals surface area contributed by atoms with Crippen LogP contribution in [0.5, 0.6) is 0 Å². The number of aryl methyl sites for hydroxylation is 1. The first-order chi connectivity index (χ1) is 10.0. The van der Waals surface area contributed by atoms with Crippen molar-refractivity contribution in [2.75, 3.05) is 0 Å². The van der Waals surface area contributed by atoms with Gasteiger partial charge < -0.3 is 4.57 Å². The zero-order valence-corrected chi connectivity index (χ0v) is 13.2. The molecule has 3 rings (SSSR count). The molecule has 0 N–H and O–H groups in total. The van der Waals surface area contributed by atoms with Crippen LogP contribution in [0.3, 0.4) is 0 Å². The van der Waals surface area contributed by atoms with Crippen LogP contribution < -0.4 is 0 Å². The molecular weight excluding hydrogens is 307 g/mol. The number of fused-ring (bicyclic) bond motifs is 1. The standard InChI is InChI=1S/C15H14Cl2N4/c1-9-3-4-11(6-18-9)8-21-14(10(2)16)20-13-5-12(17)7-19-15(13)21/h3-7,10H,8H2,1-2H3. The topological polar surface area (TPSA) is 43.6 Å². The van der Waals surface area contributed by atoms with E-state index in [9.17, 15) is 0 Å². The summed E-state index contributed by atoms with van der Waals surface area (Å²) < 4.78 is 2.01. The minimum absolute atomic E-state index is 0.212. The average Bonchev–Trinajstić information content (AvgIpc) is 2.79. The highest BCUT2D eigenvalue weighted by molar-refractivity contribution is 6.31. The van der Waals surface area contributed by atoms with E-state index in [2.05, 4.69) is 15.0 Å². The van der Waals surface area contributed by atoms with E-state index in [-0.39, 0.29) is 5.38 Å². The molecule has 0 aliphatic carbocycles. The molecule has 108 valence electrons. The Bertz CT molecular complexity index is 778. The average molecular weight is 321 g/mol. The number of hydrogen-bond donors (Lipinski definition) is 0. The van der Waals surface area contributed by atoms with Crippen molar-refractivity contribution in [1.82, 2.24) is 19.5 Å². The maximum Gasteiger partial charge on any atom is 0.160 e. The largest absolute Gasteiger partial charge is 0.307 e. The summed E-state index contributed by atoms with van der Waals surface area (Å²) in [6.45, 7) is 4.49. The van der Waals surface area contributed by atoms with Gasteiger partial charge in [-0.1, -0.05) is 17.7 Å². The predicted octanol–water partition coefficient (Wildman–Crippen LogP) is 4.14. The zero-order chi connectivity index (χ0) is 15.0. The van der Waals surface area contributed by atoms with E-state index in [1.807, 2.05) is 36.7 Å². The van der Waals surface area contributed by atoms with Crippen molar-refractivity contribution in [3.05, 3.63) is 52.7 Å². The molecule has 6 heteroatoms. The lowest BCUT2D eigenvalue weighted by atomic mass is 10.2. The van der Waals surface area contributed by atoms with Gasteiger partial charge in [-0.25, -0.2) is 9.97 Å². The van der Waals surface area contributed by atoms with E-state index in [0.717, 1.165) is 28.2 Å². The monoisotopic (exact) mass is 320 g/mol. The van der Waals surface area contributed by atoms with E-state index in [0.29, 0.717) is 11.6 Å². The number of rotatable bonds is 3. The third-order valence-corrected chi connectivity index (χ3v) is 3.65. The first-order valence-corrected chi connectivity index (χ1v) is 7.43. The third-order valence-electron chi connectivity index (χ3n) is 3.25. The predicted molar refractivity (Wildman–Crippen MR) is 84.9 cm³/mol. The molecule has 0 saturated carbocycles. The van der Waals surface area contributed by atoms with Gasteiger partial charge in [0.05, 0.1) is 16.9 Å². The second kappa shape index (κ2) is 5.62. The van der Waals surface area contributed by atoms with Gasteiger partial charge in [-0.2, -0.15) is 0 Å². The maximum absolute atomic E-state index is 6.25. The number of halogens is 2. The zero-order valence-electron chi connectivity index (χ0n) is 11.7. The number of aromatic nitrogens is 4. The van der Waals surface area contributed by atoms with Gasteiger partial charge >= 0.3 is 0 Å². The van der Waals surface area contributed by atoms with E-state index in [4.69, 9.17) is 23.2 Å². The number of imidazole rings is 1.